The van der Waals surface area contributed by atoms with Crippen molar-refractivity contribution in [2.75, 3.05) is 19.5 Å². The highest BCUT2D eigenvalue weighted by molar-refractivity contribution is 9.10. The first-order valence-corrected chi connectivity index (χ1v) is 7.69. The summed E-state index contributed by atoms with van der Waals surface area (Å²) in [7, 11) is 3.62. The van der Waals surface area contributed by atoms with Gasteiger partial charge < -0.3 is 15.0 Å². The van der Waals surface area contributed by atoms with Crippen LogP contribution in [0.1, 0.15) is 5.56 Å². The Kier molecular flexibility index (Phi) is 5.59. The molecular formula is C16H17BrN2OS. The largest absolute Gasteiger partial charge is 0.497 e. The van der Waals surface area contributed by atoms with Crippen molar-refractivity contribution in [2.45, 2.75) is 6.54 Å². The van der Waals surface area contributed by atoms with Gasteiger partial charge in [-0.15, -0.1) is 0 Å². The van der Waals surface area contributed by atoms with Gasteiger partial charge in [-0.1, -0.05) is 34.1 Å². The van der Waals surface area contributed by atoms with Crippen LogP contribution < -0.4 is 10.1 Å². The van der Waals surface area contributed by atoms with Gasteiger partial charge in [0.1, 0.15) is 5.75 Å². The third-order valence-corrected chi connectivity index (χ3v) is 3.94. The first-order valence-electron chi connectivity index (χ1n) is 6.49. The molecular weight excluding hydrogens is 348 g/mol. The van der Waals surface area contributed by atoms with Gasteiger partial charge in [-0.3, -0.25) is 0 Å². The third kappa shape index (κ3) is 4.72. The molecule has 3 nitrogen and oxygen atoms in total. The fraction of sp³-hybridized carbons (Fsp3) is 0.188. The molecule has 0 heterocycles. The minimum atomic E-state index is 0.672. The van der Waals surface area contributed by atoms with Gasteiger partial charge in [0.15, 0.2) is 5.11 Å². The van der Waals surface area contributed by atoms with Crippen molar-refractivity contribution < 1.29 is 4.74 Å². The van der Waals surface area contributed by atoms with Crippen molar-refractivity contribution in [3.05, 3.63) is 58.6 Å². The fourth-order valence-corrected chi connectivity index (χ4v) is 2.30. The second-order valence-electron chi connectivity index (χ2n) is 4.64. The molecule has 0 spiro atoms. The number of halogens is 1. The van der Waals surface area contributed by atoms with E-state index in [-0.39, 0.29) is 0 Å². The van der Waals surface area contributed by atoms with Crippen LogP contribution in [-0.2, 0) is 6.54 Å². The quantitative estimate of drug-likeness (QED) is 0.818. The van der Waals surface area contributed by atoms with Crippen LogP contribution in [0.5, 0.6) is 5.75 Å². The van der Waals surface area contributed by atoms with E-state index in [1.165, 1.54) is 5.56 Å². The molecule has 0 bridgehead atoms. The molecule has 110 valence electrons. The van der Waals surface area contributed by atoms with Crippen molar-refractivity contribution >= 4 is 38.9 Å². The van der Waals surface area contributed by atoms with E-state index < -0.39 is 0 Å². The van der Waals surface area contributed by atoms with Crippen LogP contribution >= 0.6 is 28.1 Å². The van der Waals surface area contributed by atoms with Crippen LogP contribution in [0.3, 0.4) is 0 Å². The average Bonchev–Trinajstić information content (AvgIpc) is 2.49. The zero-order valence-electron chi connectivity index (χ0n) is 12.0. The van der Waals surface area contributed by atoms with Gasteiger partial charge in [-0.2, -0.15) is 0 Å². The van der Waals surface area contributed by atoms with Crippen LogP contribution in [0.2, 0.25) is 0 Å². The number of methoxy groups -OCH3 is 1. The van der Waals surface area contributed by atoms with E-state index in [9.17, 15) is 0 Å². The Morgan fingerprint density at radius 2 is 1.95 bits per heavy atom. The molecule has 0 aromatic heterocycles. The van der Waals surface area contributed by atoms with E-state index in [0.717, 1.165) is 22.5 Å². The van der Waals surface area contributed by atoms with Crippen LogP contribution in [0.15, 0.2) is 53.0 Å². The molecule has 21 heavy (non-hydrogen) atoms. The van der Waals surface area contributed by atoms with Gasteiger partial charge in [-0.25, -0.2) is 0 Å². The van der Waals surface area contributed by atoms with Gasteiger partial charge in [0.2, 0.25) is 0 Å². The van der Waals surface area contributed by atoms with E-state index >= 15 is 0 Å². The van der Waals surface area contributed by atoms with E-state index in [0.29, 0.717) is 5.11 Å². The molecule has 0 unspecified atom stereocenters. The van der Waals surface area contributed by atoms with Crippen LogP contribution in [0.25, 0.3) is 0 Å². The predicted molar refractivity (Wildman–Crippen MR) is 94.8 cm³/mol. The van der Waals surface area contributed by atoms with Crippen LogP contribution in [0, 0.1) is 0 Å². The number of ether oxygens (including phenoxy) is 1. The molecule has 1 N–H and O–H groups in total. The van der Waals surface area contributed by atoms with Gasteiger partial charge in [0.05, 0.1) is 7.11 Å². The summed E-state index contributed by atoms with van der Waals surface area (Å²) < 4.78 is 6.28. The number of hydrogen-bond donors (Lipinski definition) is 1. The van der Waals surface area contributed by atoms with Gasteiger partial charge in [0.25, 0.3) is 0 Å². The lowest BCUT2D eigenvalue weighted by Crippen LogP contribution is -2.30. The first-order chi connectivity index (χ1) is 10.1. The average molecular weight is 365 g/mol. The molecule has 0 atom stereocenters. The lowest BCUT2D eigenvalue weighted by Gasteiger charge is -2.21. The number of benzene rings is 2. The number of thiocarbonyl (C=S) groups is 1. The Morgan fingerprint density at radius 3 is 2.62 bits per heavy atom. The molecule has 0 radical (unpaired) electrons. The standard InChI is InChI=1S/C16H17BrN2OS/c1-19(11-12-6-8-13(17)9-7-12)16(21)18-14-4-3-5-15(10-14)20-2/h3-10H,11H2,1-2H3,(H,18,21). The summed E-state index contributed by atoms with van der Waals surface area (Å²) in [5.74, 6) is 0.804. The molecule has 2 aromatic carbocycles. The molecule has 2 aromatic rings. The summed E-state index contributed by atoms with van der Waals surface area (Å²) in [6, 6.07) is 15.9. The Labute approximate surface area is 139 Å². The van der Waals surface area contributed by atoms with Crippen LogP contribution in [0.4, 0.5) is 5.69 Å². The Balaban J connectivity index is 1.97. The minimum absolute atomic E-state index is 0.672. The van der Waals surface area contributed by atoms with Crippen molar-refractivity contribution in [2.24, 2.45) is 0 Å². The molecule has 0 amide bonds. The smallest absolute Gasteiger partial charge is 0.173 e. The fourth-order valence-electron chi connectivity index (χ4n) is 1.86. The Hall–Kier alpha value is -1.59. The molecule has 5 heteroatoms. The maximum Gasteiger partial charge on any atom is 0.173 e. The highest BCUT2D eigenvalue weighted by Gasteiger charge is 2.06. The maximum absolute atomic E-state index is 5.43. The van der Waals surface area contributed by atoms with Gasteiger partial charge in [-0.05, 0) is 42.0 Å². The Bertz CT molecular complexity index is 616. The van der Waals surface area contributed by atoms with Crippen LogP contribution in [-0.4, -0.2) is 24.2 Å². The van der Waals surface area contributed by atoms with Gasteiger partial charge in [0, 0.05) is 29.8 Å². The summed E-state index contributed by atoms with van der Waals surface area (Å²) >= 11 is 8.86. The van der Waals surface area contributed by atoms with E-state index in [1.54, 1.807) is 7.11 Å². The first kappa shape index (κ1) is 15.8. The highest BCUT2D eigenvalue weighted by atomic mass is 79.9. The molecule has 0 aliphatic heterocycles. The summed E-state index contributed by atoms with van der Waals surface area (Å²) in [4.78, 5) is 2.00. The number of nitrogens with zero attached hydrogens (tertiary/aromatic N) is 1. The highest BCUT2D eigenvalue weighted by Crippen LogP contribution is 2.17. The Morgan fingerprint density at radius 1 is 1.24 bits per heavy atom. The van der Waals surface area contributed by atoms with Crippen molar-refractivity contribution in [3.8, 4) is 5.75 Å². The summed E-state index contributed by atoms with van der Waals surface area (Å²) in [6.45, 7) is 0.753. The van der Waals surface area contributed by atoms with E-state index in [4.69, 9.17) is 17.0 Å². The second-order valence-corrected chi connectivity index (χ2v) is 5.95. The minimum Gasteiger partial charge on any atom is -0.497 e. The number of hydrogen-bond acceptors (Lipinski definition) is 2. The number of nitrogens with one attached hydrogen (secondary N) is 1. The number of anilines is 1. The van der Waals surface area contributed by atoms with E-state index in [2.05, 4.69) is 33.4 Å². The predicted octanol–water partition coefficient (Wildman–Crippen LogP) is 4.29. The molecule has 0 fully saturated rings. The molecule has 0 aliphatic rings. The van der Waals surface area contributed by atoms with Crippen molar-refractivity contribution in [1.29, 1.82) is 0 Å². The van der Waals surface area contributed by atoms with Crippen molar-refractivity contribution in [3.63, 3.8) is 0 Å². The van der Waals surface area contributed by atoms with Gasteiger partial charge >= 0.3 is 0 Å². The zero-order chi connectivity index (χ0) is 15.2. The molecule has 0 saturated heterocycles. The molecule has 0 aliphatic carbocycles. The number of rotatable bonds is 4. The second kappa shape index (κ2) is 7.43. The lowest BCUT2D eigenvalue weighted by molar-refractivity contribution is 0.415. The van der Waals surface area contributed by atoms with Crippen molar-refractivity contribution in [1.82, 2.24) is 4.90 Å². The summed E-state index contributed by atoms with van der Waals surface area (Å²) in [6.07, 6.45) is 0. The normalized spacial score (nSPS) is 10.0. The summed E-state index contributed by atoms with van der Waals surface area (Å²) in [5, 5.41) is 3.89. The monoisotopic (exact) mass is 364 g/mol. The summed E-state index contributed by atoms with van der Waals surface area (Å²) in [5.41, 5.74) is 2.12. The maximum atomic E-state index is 5.43. The SMILES string of the molecule is COc1cccc(NC(=S)N(C)Cc2ccc(Br)cc2)c1. The van der Waals surface area contributed by atoms with E-state index in [1.807, 2.05) is 48.3 Å². The topological polar surface area (TPSA) is 24.5 Å². The zero-order valence-corrected chi connectivity index (χ0v) is 14.4. The molecule has 2 rings (SSSR count). The lowest BCUT2D eigenvalue weighted by atomic mass is 10.2. The molecule has 0 saturated carbocycles. The third-order valence-electron chi connectivity index (χ3n) is 3.00.